The molecule has 4 bridgehead atoms. The second-order valence-corrected chi connectivity index (χ2v) is 10.1. The molecule has 0 aliphatic heterocycles. The van der Waals surface area contributed by atoms with Crippen molar-refractivity contribution in [3.8, 4) is 0 Å². The van der Waals surface area contributed by atoms with E-state index >= 15 is 0 Å². The van der Waals surface area contributed by atoms with E-state index in [1.165, 1.54) is 25.3 Å². The number of nitro benzene ring substituents is 1. The standard InChI is InChI=1S/C23H31N3O4/c1-13(2)20(21(27)24-18-5-4-14(3)19(9-18)26(29)30)25-22(28)23-10-15-6-16(11-23)8-17(7-15)12-23/h4-5,9,13,15-17,20H,6-8,10-12H2,1-3H3,(H,24,27)(H,25,28). The van der Waals surface area contributed by atoms with Crippen molar-refractivity contribution in [1.29, 1.82) is 0 Å². The number of nitrogens with zero attached hydrogens (tertiary/aromatic N) is 1. The van der Waals surface area contributed by atoms with Gasteiger partial charge < -0.3 is 10.6 Å². The summed E-state index contributed by atoms with van der Waals surface area (Å²) in [5.74, 6) is 1.55. The number of hydrogen-bond donors (Lipinski definition) is 2. The SMILES string of the molecule is Cc1ccc(NC(=O)C(NC(=O)C23CC4CC(CC(C4)C2)C3)C(C)C)cc1[N+](=O)[O-]. The Kier molecular flexibility index (Phi) is 5.32. The van der Waals surface area contributed by atoms with E-state index in [0.29, 0.717) is 29.0 Å². The van der Waals surface area contributed by atoms with E-state index in [1.807, 2.05) is 13.8 Å². The van der Waals surface area contributed by atoms with Crippen LogP contribution in [0.2, 0.25) is 0 Å². The van der Waals surface area contributed by atoms with Crippen LogP contribution in [0.1, 0.15) is 57.9 Å². The van der Waals surface area contributed by atoms with Crippen molar-refractivity contribution in [1.82, 2.24) is 5.32 Å². The molecule has 2 N–H and O–H groups in total. The van der Waals surface area contributed by atoms with Gasteiger partial charge >= 0.3 is 0 Å². The number of carbonyl (C=O) groups is 2. The molecule has 1 aromatic rings. The third-order valence-corrected chi connectivity index (χ3v) is 7.43. The quantitative estimate of drug-likeness (QED) is 0.539. The molecule has 4 aliphatic carbocycles. The third-order valence-electron chi connectivity index (χ3n) is 7.43. The summed E-state index contributed by atoms with van der Waals surface area (Å²) in [6.45, 7) is 5.47. The summed E-state index contributed by atoms with van der Waals surface area (Å²) in [7, 11) is 0. The number of aryl methyl sites for hydroxylation is 1. The van der Waals surface area contributed by atoms with E-state index in [-0.39, 0.29) is 28.8 Å². The highest BCUT2D eigenvalue weighted by Gasteiger charge is 2.55. The second-order valence-electron chi connectivity index (χ2n) is 10.1. The zero-order chi connectivity index (χ0) is 21.6. The van der Waals surface area contributed by atoms with Gasteiger partial charge in [0, 0.05) is 22.7 Å². The fourth-order valence-electron chi connectivity index (χ4n) is 6.32. The van der Waals surface area contributed by atoms with Gasteiger partial charge in [0.2, 0.25) is 11.8 Å². The van der Waals surface area contributed by atoms with Crippen LogP contribution in [0.15, 0.2) is 18.2 Å². The van der Waals surface area contributed by atoms with Gasteiger partial charge in [0.25, 0.3) is 5.69 Å². The monoisotopic (exact) mass is 413 g/mol. The first-order valence-corrected chi connectivity index (χ1v) is 11.0. The topological polar surface area (TPSA) is 101 Å². The molecule has 1 aromatic carbocycles. The number of nitro groups is 1. The first-order valence-electron chi connectivity index (χ1n) is 11.0. The lowest BCUT2D eigenvalue weighted by Gasteiger charge is -2.55. The van der Waals surface area contributed by atoms with Gasteiger partial charge in [-0.1, -0.05) is 19.9 Å². The van der Waals surface area contributed by atoms with Crippen LogP contribution in [0.25, 0.3) is 0 Å². The molecular formula is C23H31N3O4. The highest BCUT2D eigenvalue weighted by Crippen LogP contribution is 2.60. The van der Waals surface area contributed by atoms with Crippen LogP contribution < -0.4 is 10.6 Å². The maximum Gasteiger partial charge on any atom is 0.274 e. The van der Waals surface area contributed by atoms with Crippen LogP contribution in [-0.2, 0) is 9.59 Å². The number of nitrogens with one attached hydrogen (secondary N) is 2. The predicted octanol–water partition coefficient (Wildman–Crippen LogP) is 4.20. The third kappa shape index (κ3) is 3.82. The van der Waals surface area contributed by atoms with E-state index in [9.17, 15) is 19.7 Å². The Morgan fingerprint density at radius 1 is 1.10 bits per heavy atom. The Labute approximate surface area is 177 Å². The molecule has 0 spiro atoms. The molecule has 30 heavy (non-hydrogen) atoms. The fraction of sp³-hybridized carbons (Fsp3) is 0.652. The van der Waals surface area contributed by atoms with E-state index in [4.69, 9.17) is 0 Å². The largest absolute Gasteiger partial charge is 0.344 e. The Bertz CT molecular complexity index is 844. The molecule has 162 valence electrons. The van der Waals surface area contributed by atoms with Gasteiger partial charge in [0.1, 0.15) is 6.04 Å². The molecule has 1 atom stereocenters. The summed E-state index contributed by atoms with van der Waals surface area (Å²) in [6.07, 6.45) is 6.61. The molecule has 4 saturated carbocycles. The summed E-state index contributed by atoms with van der Waals surface area (Å²) in [5.41, 5.74) is 0.553. The fourth-order valence-corrected chi connectivity index (χ4v) is 6.32. The maximum absolute atomic E-state index is 13.4. The van der Waals surface area contributed by atoms with Crippen molar-refractivity contribution in [2.45, 2.75) is 65.3 Å². The molecule has 4 aliphatic rings. The van der Waals surface area contributed by atoms with Gasteiger partial charge in [-0.3, -0.25) is 19.7 Å². The van der Waals surface area contributed by atoms with Gasteiger partial charge in [0.05, 0.1) is 4.92 Å². The number of benzene rings is 1. The van der Waals surface area contributed by atoms with E-state index in [1.54, 1.807) is 19.1 Å². The minimum atomic E-state index is -0.675. The van der Waals surface area contributed by atoms with Gasteiger partial charge in [0.15, 0.2) is 0 Å². The zero-order valence-corrected chi connectivity index (χ0v) is 17.9. The van der Waals surface area contributed by atoms with Gasteiger partial charge in [-0.05, 0) is 75.2 Å². The summed E-state index contributed by atoms with van der Waals surface area (Å²) in [6, 6.07) is 3.96. The molecule has 0 radical (unpaired) electrons. The lowest BCUT2D eigenvalue weighted by Crippen LogP contribution is -2.57. The molecule has 0 saturated heterocycles. The van der Waals surface area contributed by atoms with Gasteiger partial charge in [-0.2, -0.15) is 0 Å². The Morgan fingerprint density at radius 3 is 2.17 bits per heavy atom. The van der Waals surface area contributed by atoms with Crippen molar-refractivity contribution in [3.05, 3.63) is 33.9 Å². The molecule has 7 nitrogen and oxygen atoms in total. The average Bonchev–Trinajstić information content (AvgIpc) is 2.65. The number of anilines is 1. The van der Waals surface area contributed by atoms with Crippen molar-refractivity contribution in [2.24, 2.45) is 29.1 Å². The lowest BCUT2D eigenvalue weighted by atomic mass is 9.49. The van der Waals surface area contributed by atoms with Crippen molar-refractivity contribution in [2.75, 3.05) is 5.32 Å². The smallest absolute Gasteiger partial charge is 0.274 e. The molecule has 4 fully saturated rings. The number of amides is 2. The van der Waals surface area contributed by atoms with Crippen LogP contribution in [0, 0.1) is 46.1 Å². The maximum atomic E-state index is 13.4. The van der Waals surface area contributed by atoms with Gasteiger partial charge in [-0.15, -0.1) is 0 Å². The molecule has 0 heterocycles. The first kappa shape index (κ1) is 20.8. The minimum absolute atomic E-state index is 0.0188. The van der Waals surface area contributed by atoms with E-state index in [0.717, 1.165) is 19.3 Å². The summed E-state index contributed by atoms with van der Waals surface area (Å²) in [5, 5.41) is 17.0. The summed E-state index contributed by atoms with van der Waals surface area (Å²) < 4.78 is 0. The Morgan fingerprint density at radius 2 is 1.67 bits per heavy atom. The predicted molar refractivity (Wildman–Crippen MR) is 114 cm³/mol. The molecule has 1 unspecified atom stereocenters. The van der Waals surface area contributed by atoms with E-state index in [2.05, 4.69) is 10.6 Å². The van der Waals surface area contributed by atoms with Crippen molar-refractivity contribution >= 4 is 23.2 Å². The Balaban J connectivity index is 1.48. The molecule has 2 amide bonds. The average molecular weight is 414 g/mol. The highest BCUT2D eigenvalue weighted by molar-refractivity contribution is 5.98. The van der Waals surface area contributed by atoms with Crippen LogP contribution >= 0.6 is 0 Å². The molecular weight excluding hydrogens is 382 g/mol. The molecule has 0 aromatic heterocycles. The highest BCUT2D eigenvalue weighted by atomic mass is 16.6. The molecule has 5 rings (SSSR count). The first-order chi connectivity index (χ1) is 14.2. The second kappa shape index (κ2) is 7.67. The molecule has 7 heteroatoms. The van der Waals surface area contributed by atoms with Crippen molar-refractivity contribution < 1.29 is 14.5 Å². The van der Waals surface area contributed by atoms with Crippen LogP contribution in [0.5, 0.6) is 0 Å². The zero-order valence-electron chi connectivity index (χ0n) is 17.9. The Hall–Kier alpha value is -2.44. The number of rotatable bonds is 6. The van der Waals surface area contributed by atoms with E-state index < -0.39 is 11.0 Å². The number of hydrogen-bond acceptors (Lipinski definition) is 4. The van der Waals surface area contributed by atoms with Gasteiger partial charge in [-0.25, -0.2) is 0 Å². The number of carbonyl (C=O) groups excluding carboxylic acids is 2. The normalized spacial score (nSPS) is 30.2. The van der Waals surface area contributed by atoms with Crippen molar-refractivity contribution in [3.63, 3.8) is 0 Å². The van der Waals surface area contributed by atoms with Crippen LogP contribution in [0.3, 0.4) is 0 Å². The lowest BCUT2D eigenvalue weighted by molar-refractivity contribution is -0.385. The minimum Gasteiger partial charge on any atom is -0.344 e. The summed E-state index contributed by atoms with van der Waals surface area (Å²) in [4.78, 5) is 37.1. The summed E-state index contributed by atoms with van der Waals surface area (Å²) >= 11 is 0. The van der Waals surface area contributed by atoms with Crippen LogP contribution in [0.4, 0.5) is 11.4 Å². The van der Waals surface area contributed by atoms with Crippen LogP contribution in [-0.4, -0.2) is 22.8 Å².